The van der Waals surface area contributed by atoms with Crippen LogP contribution in [-0.2, 0) is 20.9 Å². The minimum absolute atomic E-state index is 0.0960. The second-order valence-corrected chi connectivity index (χ2v) is 14.5. The average molecular weight is 692 g/mol. The highest BCUT2D eigenvalue weighted by molar-refractivity contribution is 5.83. The van der Waals surface area contributed by atoms with Gasteiger partial charge >= 0.3 is 12.2 Å². The molecule has 0 bridgehead atoms. The summed E-state index contributed by atoms with van der Waals surface area (Å²) in [6.07, 6.45) is 1.25. The van der Waals surface area contributed by atoms with Crippen LogP contribution in [0.15, 0.2) is 30.5 Å². The molecule has 2 atom stereocenters. The smallest absolute Gasteiger partial charge is 0.411 e. The number of pyridine rings is 1. The topological polar surface area (TPSA) is 105 Å². The first-order valence-corrected chi connectivity index (χ1v) is 16.6. The Labute approximate surface area is 286 Å². The van der Waals surface area contributed by atoms with E-state index in [1.165, 1.54) is 23.2 Å². The van der Waals surface area contributed by atoms with Gasteiger partial charge in [0.15, 0.2) is 11.6 Å². The summed E-state index contributed by atoms with van der Waals surface area (Å²) >= 11 is 0. The molecule has 1 saturated carbocycles. The summed E-state index contributed by atoms with van der Waals surface area (Å²) < 4.78 is 60.3. The Kier molecular flexibility index (Phi) is 12.1. The van der Waals surface area contributed by atoms with Crippen molar-refractivity contribution in [1.29, 1.82) is 0 Å². The van der Waals surface area contributed by atoms with Gasteiger partial charge in [0.05, 0.1) is 0 Å². The Morgan fingerprint density at radius 2 is 1.61 bits per heavy atom. The van der Waals surface area contributed by atoms with Gasteiger partial charge in [0, 0.05) is 75.1 Å². The summed E-state index contributed by atoms with van der Waals surface area (Å²) in [7, 11) is 1.70. The quantitative estimate of drug-likeness (QED) is 0.282. The Morgan fingerprint density at radius 1 is 0.959 bits per heavy atom. The van der Waals surface area contributed by atoms with Crippen molar-refractivity contribution in [2.24, 2.45) is 0 Å². The molecule has 0 N–H and O–H groups in total. The molecule has 2 aromatic rings. The van der Waals surface area contributed by atoms with Crippen LogP contribution in [0.1, 0.15) is 71.4 Å². The van der Waals surface area contributed by atoms with Crippen LogP contribution >= 0.6 is 0 Å². The molecule has 1 saturated heterocycles. The molecular formula is C35H48F3N5O6. The van der Waals surface area contributed by atoms with Crippen molar-refractivity contribution in [1.82, 2.24) is 24.6 Å². The van der Waals surface area contributed by atoms with Gasteiger partial charge in [-0.3, -0.25) is 14.6 Å². The maximum Gasteiger partial charge on any atom is 0.411 e. The SMILES string of the molecule is CN(CCCN1CCN(C(=O)CN(C(=O)OC(C)(C)C)[C@@H]2C[C@H]2c2cc(F)cc(F)c2OCc2cccnc2F)CC1)C(=O)OC(C)(C)C. The summed E-state index contributed by atoms with van der Waals surface area (Å²) in [6, 6.07) is 4.21. The van der Waals surface area contributed by atoms with E-state index in [9.17, 15) is 23.2 Å². The van der Waals surface area contributed by atoms with E-state index in [1.54, 1.807) is 37.6 Å². The van der Waals surface area contributed by atoms with Crippen molar-refractivity contribution in [2.45, 2.75) is 84.2 Å². The fraction of sp³-hybridized carbons (Fsp3) is 0.600. The molecule has 11 nitrogen and oxygen atoms in total. The molecule has 49 heavy (non-hydrogen) atoms. The predicted octanol–water partition coefficient (Wildman–Crippen LogP) is 5.57. The monoisotopic (exact) mass is 691 g/mol. The molecule has 1 aromatic carbocycles. The summed E-state index contributed by atoms with van der Waals surface area (Å²) in [6.45, 7) is 13.4. The molecule has 0 unspecified atom stereocenters. The van der Waals surface area contributed by atoms with Gasteiger partial charge in [-0.1, -0.05) is 0 Å². The predicted molar refractivity (Wildman–Crippen MR) is 175 cm³/mol. The number of nitrogens with zero attached hydrogens (tertiary/aromatic N) is 5. The number of amides is 3. The van der Waals surface area contributed by atoms with E-state index in [0.29, 0.717) is 45.2 Å². The highest BCUT2D eigenvalue weighted by Gasteiger charge is 2.49. The van der Waals surface area contributed by atoms with E-state index in [0.717, 1.165) is 19.0 Å². The minimum atomic E-state index is -0.959. The van der Waals surface area contributed by atoms with Crippen LogP contribution in [0, 0.1) is 17.6 Å². The van der Waals surface area contributed by atoms with E-state index in [1.807, 2.05) is 20.8 Å². The lowest BCUT2D eigenvalue weighted by Gasteiger charge is -2.36. The van der Waals surface area contributed by atoms with Crippen LogP contribution in [0.2, 0.25) is 0 Å². The lowest BCUT2D eigenvalue weighted by Crippen LogP contribution is -2.52. The summed E-state index contributed by atoms with van der Waals surface area (Å²) in [5, 5.41) is 0. The van der Waals surface area contributed by atoms with Gasteiger partial charge in [0.2, 0.25) is 11.9 Å². The third-order valence-corrected chi connectivity index (χ3v) is 8.13. The molecule has 14 heteroatoms. The number of hydrogen-bond donors (Lipinski definition) is 0. The number of carbonyl (C=O) groups is 3. The number of ether oxygens (including phenoxy) is 3. The first-order valence-electron chi connectivity index (χ1n) is 16.6. The van der Waals surface area contributed by atoms with Gasteiger partial charge in [0.1, 0.15) is 30.2 Å². The van der Waals surface area contributed by atoms with Crippen molar-refractivity contribution in [3.63, 3.8) is 0 Å². The number of halogens is 3. The maximum atomic E-state index is 15.0. The van der Waals surface area contributed by atoms with Gasteiger partial charge in [-0.05, 0) is 79.1 Å². The van der Waals surface area contributed by atoms with Crippen LogP contribution in [0.3, 0.4) is 0 Å². The van der Waals surface area contributed by atoms with Crippen molar-refractivity contribution in [3.05, 3.63) is 59.2 Å². The zero-order valence-corrected chi connectivity index (χ0v) is 29.4. The number of carbonyl (C=O) groups excluding carboxylic acids is 3. The normalized spacial score (nSPS) is 18.1. The number of piperazine rings is 1. The second kappa shape index (κ2) is 15.6. The van der Waals surface area contributed by atoms with E-state index < -0.39 is 46.8 Å². The minimum Gasteiger partial charge on any atom is -0.485 e. The van der Waals surface area contributed by atoms with Crippen molar-refractivity contribution in [2.75, 3.05) is 52.9 Å². The van der Waals surface area contributed by atoms with Crippen molar-refractivity contribution >= 4 is 18.1 Å². The molecule has 1 aliphatic carbocycles. The highest BCUT2D eigenvalue weighted by Crippen LogP contribution is 2.49. The Bertz CT molecular complexity index is 1490. The molecule has 2 fully saturated rings. The molecule has 1 aromatic heterocycles. The van der Waals surface area contributed by atoms with Gasteiger partial charge in [-0.15, -0.1) is 0 Å². The molecule has 0 radical (unpaired) electrons. The van der Waals surface area contributed by atoms with E-state index >= 15 is 4.39 Å². The van der Waals surface area contributed by atoms with Crippen molar-refractivity contribution in [3.8, 4) is 5.75 Å². The fourth-order valence-corrected chi connectivity index (χ4v) is 5.61. The number of benzene rings is 1. The molecule has 4 rings (SSSR count). The third kappa shape index (κ3) is 11.0. The molecule has 2 heterocycles. The van der Waals surface area contributed by atoms with Gasteiger partial charge < -0.3 is 24.0 Å². The molecule has 3 amide bonds. The van der Waals surface area contributed by atoms with Crippen LogP contribution in [0.5, 0.6) is 5.75 Å². The largest absolute Gasteiger partial charge is 0.485 e. The molecule has 1 aliphatic heterocycles. The summed E-state index contributed by atoms with van der Waals surface area (Å²) in [5.41, 5.74) is -1.14. The fourth-order valence-electron chi connectivity index (χ4n) is 5.61. The number of rotatable bonds is 11. The molecule has 0 spiro atoms. The average Bonchev–Trinajstić information content (AvgIpc) is 3.79. The summed E-state index contributed by atoms with van der Waals surface area (Å²) in [5.74, 6) is -3.62. The standard InChI is InChI=1S/C35H48F3N5O6/c1-34(2,3)48-32(45)40(7)12-9-13-41-14-16-42(17-15-41)29(44)21-43(33(46)49-35(4,5)6)28-20-25(28)26-18-24(36)19-27(37)30(26)47-22-23-10-8-11-39-31(23)38/h8,10-11,18-19,25,28H,9,12-17,20-22H2,1-7H3/t25-,28+/m0/s1. The van der Waals surface area contributed by atoms with E-state index in [-0.39, 0.29) is 42.0 Å². The van der Waals surface area contributed by atoms with Gasteiger partial charge in [0.25, 0.3) is 0 Å². The van der Waals surface area contributed by atoms with E-state index in [4.69, 9.17) is 14.2 Å². The zero-order valence-electron chi connectivity index (χ0n) is 29.4. The van der Waals surface area contributed by atoms with Crippen LogP contribution in [-0.4, -0.2) is 113 Å². The highest BCUT2D eigenvalue weighted by atomic mass is 19.1. The first kappa shape index (κ1) is 37.7. The van der Waals surface area contributed by atoms with Crippen LogP contribution in [0.25, 0.3) is 0 Å². The maximum absolute atomic E-state index is 15.0. The number of aromatic nitrogens is 1. The Morgan fingerprint density at radius 3 is 2.24 bits per heavy atom. The first-order chi connectivity index (χ1) is 22.9. The lowest BCUT2D eigenvalue weighted by atomic mass is 10.1. The van der Waals surface area contributed by atoms with Gasteiger partial charge in [-0.2, -0.15) is 4.39 Å². The molecule has 2 aliphatic rings. The van der Waals surface area contributed by atoms with Gasteiger partial charge in [-0.25, -0.2) is 23.4 Å². The van der Waals surface area contributed by atoms with Crippen LogP contribution in [0.4, 0.5) is 22.8 Å². The number of hydrogen-bond acceptors (Lipinski definition) is 8. The third-order valence-electron chi connectivity index (χ3n) is 8.13. The molecule has 270 valence electrons. The van der Waals surface area contributed by atoms with Crippen molar-refractivity contribution < 1.29 is 41.8 Å². The van der Waals surface area contributed by atoms with Crippen LogP contribution < -0.4 is 4.74 Å². The summed E-state index contributed by atoms with van der Waals surface area (Å²) in [4.78, 5) is 49.5. The zero-order chi connectivity index (χ0) is 36.1. The Balaban J connectivity index is 1.38. The Hall–Kier alpha value is -4.07. The second-order valence-electron chi connectivity index (χ2n) is 14.5. The molecular weight excluding hydrogens is 643 g/mol. The lowest BCUT2D eigenvalue weighted by molar-refractivity contribution is -0.134. The van der Waals surface area contributed by atoms with E-state index in [2.05, 4.69) is 9.88 Å².